The van der Waals surface area contributed by atoms with Gasteiger partial charge in [-0.25, -0.2) is 4.98 Å². The third kappa shape index (κ3) is 2.48. The van der Waals surface area contributed by atoms with Gasteiger partial charge in [0.15, 0.2) is 4.47 Å². The van der Waals surface area contributed by atoms with E-state index >= 15 is 0 Å². The number of aromatic nitrogens is 1. The summed E-state index contributed by atoms with van der Waals surface area (Å²) >= 11 is 4.82. The summed E-state index contributed by atoms with van der Waals surface area (Å²) in [6.07, 6.45) is -6.60. The van der Waals surface area contributed by atoms with Crippen molar-refractivity contribution in [1.82, 2.24) is 4.98 Å². The Morgan fingerprint density at radius 2 is 1.63 bits per heavy atom. The van der Waals surface area contributed by atoms with Crippen molar-refractivity contribution in [2.24, 2.45) is 0 Å². The smallest absolute Gasteiger partial charge is 0.460 e. The van der Waals surface area contributed by atoms with Gasteiger partial charge in [0, 0.05) is 0 Å². The number of nitrogens with zero attached hydrogens (tertiary/aromatic N) is 1. The molecule has 0 spiro atoms. The van der Waals surface area contributed by atoms with Gasteiger partial charge >= 0.3 is 18.0 Å². The first-order valence-electron chi connectivity index (χ1n) is 4.03. The molecular formula is C7ClF7NO2S-. The Kier molecular flexibility index (Phi) is 3.76. The molecule has 0 aromatic carbocycles. The highest BCUT2D eigenvalue weighted by Gasteiger charge is 2.74. The Balaban J connectivity index is 3.47. The maximum Gasteiger partial charge on any atom is 0.460 e. The molecule has 0 fully saturated rings. The summed E-state index contributed by atoms with van der Waals surface area (Å²) in [4.78, 5) is 11.3. The Morgan fingerprint density at radius 1 is 1.16 bits per heavy atom. The number of aromatic carboxylic acids is 1. The van der Waals surface area contributed by atoms with Crippen molar-refractivity contribution < 1.29 is 40.6 Å². The van der Waals surface area contributed by atoms with Gasteiger partial charge in [-0.2, -0.15) is 30.7 Å². The fourth-order valence-electron chi connectivity index (χ4n) is 0.972. The van der Waals surface area contributed by atoms with Gasteiger partial charge < -0.3 is 9.90 Å². The second kappa shape index (κ2) is 4.47. The summed E-state index contributed by atoms with van der Waals surface area (Å²) < 4.78 is 86.5. The Morgan fingerprint density at radius 3 is 2.00 bits per heavy atom. The average Bonchev–Trinajstić information content (AvgIpc) is 2.58. The molecule has 108 valence electrons. The van der Waals surface area contributed by atoms with E-state index in [-0.39, 0.29) is 11.3 Å². The van der Waals surface area contributed by atoms with E-state index in [9.17, 15) is 40.6 Å². The van der Waals surface area contributed by atoms with Crippen molar-refractivity contribution in [3.05, 3.63) is 15.0 Å². The lowest BCUT2D eigenvalue weighted by Gasteiger charge is -2.27. The number of carbonyl (C=O) groups excluding carboxylic acids is 1. The van der Waals surface area contributed by atoms with Gasteiger partial charge in [0.05, 0.1) is 10.8 Å². The van der Waals surface area contributed by atoms with E-state index in [1.165, 1.54) is 0 Å². The van der Waals surface area contributed by atoms with Gasteiger partial charge in [0.25, 0.3) is 0 Å². The van der Waals surface area contributed by atoms with Crippen LogP contribution in [0.2, 0.25) is 4.47 Å². The molecule has 0 radical (unpaired) electrons. The van der Waals surface area contributed by atoms with Crippen molar-refractivity contribution in [3.8, 4) is 0 Å². The van der Waals surface area contributed by atoms with Crippen LogP contribution in [0.5, 0.6) is 0 Å². The number of thiazole rings is 1. The van der Waals surface area contributed by atoms with Crippen LogP contribution in [0.15, 0.2) is 0 Å². The second-order valence-electron chi connectivity index (χ2n) is 3.08. The van der Waals surface area contributed by atoms with Gasteiger partial charge in [-0.3, -0.25) is 0 Å². The Hall–Kier alpha value is -1.10. The maximum atomic E-state index is 13.2. The maximum absolute atomic E-state index is 13.2. The van der Waals surface area contributed by atoms with Crippen LogP contribution in [0.3, 0.4) is 0 Å². The van der Waals surface area contributed by atoms with E-state index in [1.54, 1.807) is 0 Å². The topological polar surface area (TPSA) is 53.0 Å². The normalized spacial score (nSPS) is 13.7. The summed E-state index contributed by atoms with van der Waals surface area (Å²) in [5.74, 6) is -14.8. The third-order valence-corrected chi connectivity index (χ3v) is 2.97. The van der Waals surface area contributed by atoms with Crippen LogP contribution in [0, 0.1) is 0 Å². The van der Waals surface area contributed by atoms with Crippen LogP contribution in [-0.4, -0.2) is 23.1 Å². The van der Waals surface area contributed by atoms with Gasteiger partial charge in [-0.05, 0) is 0 Å². The molecule has 0 saturated heterocycles. The van der Waals surface area contributed by atoms with Crippen LogP contribution in [-0.2, 0) is 5.92 Å². The largest absolute Gasteiger partial charge is 0.544 e. The summed E-state index contributed by atoms with van der Waals surface area (Å²) in [6.45, 7) is 0. The zero-order valence-electron chi connectivity index (χ0n) is 8.20. The molecule has 1 rings (SSSR count). The van der Waals surface area contributed by atoms with Gasteiger partial charge in [0.2, 0.25) is 0 Å². The average molecular weight is 331 g/mol. The molecule has 1 aromatic rings. The second-order valence-corrected chi connectivity index (χ2v) is 4.66. The van der Waals surface area contributed by atoms with Crippen molar-refractivity contribution in [1.29, 1.82) is 0 Å². The highest BCUT2D eigenvalue weighted by atomic mass is 35.5. The Labute approximate surface area is 108 Å². The van der Waals surface area contributed by atoms with Crippen LogP contribution in [0.4, 0.5) is 30.7 Å². The molecule has 1 heterocycles. The van der Waals surface area contributed by atoms with Gasteiger partial charge in [-0.1, -0.05) is 11.6 Å². The SMILES string of the molecule is O=C([O-])c1sc(Cl)nc1C(F)(F)C(F)(F)C(F)(F)F. The van der Waals surface area contributed by atoms with Crippen molar-refractivity contribution in [2.75, 3.05) is 0 Å². The zero-order chi connectivity index (χ0) is 15.2. The summed E-state index contributed by atoms with van der Waals surface area (Å²) in [7, 11) is 0. The molecule has 0 saturated carbocycles. The molecule has 3 nitrogen and oxygen atoms in total. The fraction of sp³-hybridized carbons (Fsp3) is 0.429. The standard InChI is InChI=1S/C7HClF7NO2S/c8-4-16-2(1(19-4)3(17)18)5(9,10)6(11,12)7(13,14)15/h(H,17,18)/p-1. The molecular weight excluding hydrogens is 331 g/mol. The number of halogens is 8. The van der Waals surface area contributed by atoms with E-state index in [4.69, 9.17) is 11.6 Å². The third-order valence-electron chi connectivity index (χ3n) is 1.83. The van der Waals surface area contributed by atoms with Gasteiger partial charge in [0.1, 0.15) is 5.69 Å². The molecule has 0 N–H and O–H groups in total. The minimum Gasteiger partial charge on any atom is -0.544 e. The summed E-state index contributed by atoms with van der Waals surface area (Å²) in [6, 6.07) is 0. The predicted octanol–water partition coefficient (Wildman–Crippen LogP) is 2.45. The first-order chi connectivity index (χ1) is 8.32. The first kappa shape index (κ1) is 16.0. The summed E-state index contributed by atoms with van der Waals surface area (Å²) in [5, 5.41) is 10.4. The minimum atomic E-state index is -6.60. The molecule has 0 aliphatic heterocycles. The number of carbonyl (C=O) groups is 1. The van der Waals surface area contributed by atoms with E-state index in [1.807, 2.05) is 0 Å². The Bertz CT molecular complexity index is 512. The predicted molar refractivity (Wildman–Crippen MR) is 46.4 cm³/mol. The minimum absolute atomic E-state index is 0.212. The van der Waals surface area contributed by atoms with Crippen molar-refractivity contribution >= 4 is 28.9 Å². The number of alkyl halides is 7. The molecule has 1 aromatic heterocycles. The molecule has 0 aliphatic carbocycles. The highest BCUT2D eigenvalue weighted by Crippen LogP contribution is 2.52. The summed E-state index contributed by atoms with van der Waals surface area (Å²) in [5.41, 5.74) is -2.29. The molecule has 0 amide bonds. The molecule has 0 aliphatic rings. The molecule has 0 bridgehead atoms. The molecule has 0 atom stereocenters. The van der Waals surface area contributed by atoms with Crippen molar-refractivity contribution in [3.63, 3.8) is 0 Å². The van der Waals surface area contributed by atoms with Crippen LogP contribution in [0.1, 0.15) is 15.4 Å². The molecule has 19 heavy (non-hydrogen) atoms. The molecule has 12 heteroatoms. The van der Waals surface area contributed by atoms with Gasteiger partial charge in [-0.15, -0.1) is 11.3 Å². The van der Waals surface area contributed by atoms with Crippen LogP contribution < -0.4 is 5.11 Å². The number of hydrogen-bond acceptors (Lipinski definition) is 4. The van der Waals surface area contributed by atoms with Crippen LogP contribution in [0.25, 0.3) is 0 Å². The first-order valence-corrected chi connectivity index (χ1v) is 5.22. The monoisotopic (exact) mass is 330 g/mol. The number of carboxylic acid groups (broad SMARTS) is 1. The lowest BCUT2D eigenvalue weighted by Crippen LogP contribution is -2.50. The lowest BCUT2D eigenvalue weighted by molar-refractivity contribution is -0.360. The van der Waals surface area contributed by atoms with E-state index in [2.05, 4.69) is 4.98 Å². The number of hydrogen-bond donors (Lipinski definition) is 0. The van der Waals surface area contributed by atoms with E-state index in [0.717, 1.165) is 0 Å². The highest BCUT2D eigenvalue weighted by molar-refractivity contribution is 7.17. The number of carboxylic acids is 1. The quantitative estimate of drug-likeness (QED) is 0.800. The lowest BCUT2D eigenvalue weighted by atomic mass is 10.1. The zero-order valence-corrected chi connectivity index (χ0v) is 9.77. The van der Waals surface area contributed by atoms with E-state index < -0.39 is 39.0 Å². The fourth-order valence-corrected chi connectivity index (χ4v) is 1.95. The number of rotatable bonds is 3. The molecule has 0 unspecified atom stereocenters. The van der Waals surface area contributed by atoms with Crippen LogP contribution >= 0.6 is 22.9 Å². The van der Waals surface area contributed by atoms with Crippen molar-refractivity contribution in [2.45, 2.75) is 18.0 Å². The van der Waals surface area contributed by atoms with E-state index in [0.29, 0.717) is 0 Å².